The summed E-state index contributed by atoms with van der Waals surface area (Å²) < 4.78 is 5.35. The number of nitrogens with two attached hydrogens (primary N) is 1. The molecule has 2 aliphatic rings. The summed E-state index contributed by atoms with van der Waals surface area (Å²) in [6.45, 7) is 6.32. The van der Waals surface area contributed by atoms with Gasteiger partial charge in [0.05, 0.1) is 0 Å². The Labute approximate surface area is 90.8 Å². The summed E-state index contributed by atoms with van der Waals surface area (Å²) in [5, 5.41) is 0. The number of rotatable bonds is 0. The van der Waals surface area contributed by atoms with E-state index in [-0.39, 0.29) is 11.6 Å². The lowest BCUT2D eigenvalue weighted by molar-refractivity contribution is 0.0184. The average Bonchev–Trinajstić information content (AvgIpc) is 2.55. The van der Waals surface area contributed by atoms with Crippen LogP contribution in [0.1, 0.15) is 40.0 Å². The number of carbonyl (C=O) groups excluding carboxylic acids is 1. The highest BCUT2D eigenvalue weighted by atomic mass is 16.6. The van der Waals surface area contributed by atoms with Gasteiger partial charge in [0.1, 0.15) is 5.60 Å². The Morgan fingerprint density at radius 3 is 2.60 bits per heavy atom. The van der Waals surface area contributed by atoms with E-state index in [1.165, 1.54) is 0 Å². The molecule has 1 aliphatic heterocycles. The molecule has 0 aromatic carbocycles. The Bertz CT molecular complexity index is 285. The van der Waals surface area contributed by atoms with Crippen molar-refractivity contribution in [3.8, 4) is 0 Å². The molecule has 2 bridgehead atoms. The van der Waals surface area contributed by atoms with Gasteiger partial charge in [0.2, 0.25) is 0 Å². The van der Waals surface area contributed by atoms with Crippen molar-refractivity contribution in [2.45, 2.75) is 57.2 Å². The highest BCUT2D eigenvalue weighted by Crippen LogP contribution is 2.39. The Hall–Kier alpha value is -0.770. The predicted octanol–water partition coefficient (Wildman–Crippen LogP) is 1.49. The molecule has 1 heterocycles. The fourth-order valence-corrected chi connectivity index (χ4v) is 2.54. The molecule has 0 spiro atoms. The highest BCUT2D eigenvalue weighted by Gasteiger charge is 2.49. The minimum absolute atomic E-state index is 0.137. The Balaban J connectivity index is 1.99. The van der Waals surface area contributed by atoms with E-state index in [4.69, 9.17) is 10.5 Å². The third-order valence-corrected chi connectivity index (χ3v) is 3.17. The largest absolute Gasteiger partial charge is 0.444 e. The van der Waals surface area contributed by atoms with Gasteiger partial charge in [-0.25, -0.2) is 4.79 Å². The molecule has 1 aliphatic carbocycles. The topological polar surface area (TPSA) is 55.6 Å². The van der Waals surface area contributed by atoms with Crippen LogP contribution in [0.15, 0.2) is 0 Å². The number of amides is 1. The summed E-state index contributed by atoms with van der Waals surface area (Å²) in [5.74, 6) is 0. The van der Waals surface area contributed by atoms with E-state index in [1.807, 2.05) is 20.8 Å². The van der Waals surface area contributed by atoms with Crippen LogP contribution in [0.2, 0.25) is 0 Å². The molecule has 4 heteroatoms. The molecule has 1 saturated carbocycles. The molecule has 0 aromatic rings. The van der Waals surface area contributed by atoms with Crippen molar-refractivity contribution in [3.05, 3.63) is 0 Å². The van der Waals surface area contributed by atoms with Crippen LogP contribution >= 0.6 is 0 Å². The maximum absolute atomic E-state index is 11.8. The Kier molecular flexibility index (Phi) is 2.23. The van der Waals surface area contributed by atoms with E-state index in [2.05, 4.69) is 0 Å². The molecule has 0 aromatic heterocycles. The van der Waals surface area contributed by atoms with Crippen molar-refractivity contribution in [1.29, 1.82) is 0 Å². The van der Waals surface area contributed by atoms with Crippen LogP contribution in [-0.4, -0.2) is 34.7 Å². The van der Waals surface area contributed by atoms with E-state index in [0.29, 0.717) is 12.6 Å². The number of fused-ring (bicyclic) bond motifs is 2. The smallest absolute Gasteiger partial charge is 0.410 e. The third-order valence-electron chi connectivity index (χ3n) is 3.17. The number of hydrogen-bond acceptors (Lipinski definition) is 3. The normalized spacial score (nSPS) is 34.7. The van der Waals surface area contributed by atoms with Gasteiger partial charge in [-0.2, -0.15) is 0 Å². The molecule has 0 radical (unpaired) electrons. The van der Waals surface area contributed by atoms with Gasteiger partial charge < -0.3 is 15.4 Å². The van der Waals surface area contributed by atoms with Crippen LogP contribution in [0, 0.1) is 0 Å². The molecule has 2 fully saturated rings. The number of ether oxygens (including phenoxy) is 1. The first-order valence-electron chi connectivity index (χ1n) is 5.58. The highest BCUT2D eigenvalue weighted by molar-refractivity contribution is 5.69. The summed E-state index contributed by atoms with van der Waals surface area (Å²) in [6, 6.07) is 0.310. The van der Waals surface area contributed by atoms with Gasteiger partial charge >= 0.3 is 6.09 Å². The zero-order chi connectivity index (χ0) is 11.3. The first-order valence-corrected chi connectivity index (χ1v) is 5.58. The Morgan fingerprint density at radius 1 is 1.53 bits per heavy atom. The number of nitrogens with zero attached hydrogens (tertiary/aromatic N) is 1. The van der Waals surface area contributed by atoms with Gasteiger partial charge in [-0.3, -0.25) is 0 Å². The fourth-order valence-electron chi connectivity index (χ4n) is 2.54. The van der Waals surface area contributed by atoms with Crippen LogP contribution in [-0.2, 0) is 4.74 Å². The minimum atomic E-state index is -0.416. The van der Waals surface area contributed by atoms with Gasteiger partial charge in [-0.15, -0.1) is 0 Å². The molecule has 2 N–H and O–H groups in total. The van der Waals surface area contributed by atoms with Gasteiger partial charge in [0, 0.05) is 18.1 Å². The van der Waals surface area contributed by atoms with Crippen LogP contribution in [0.5, 0.6) is 0 Å². The van der Waals surface area contributed by atoms with Crippen molar-refractivity contribution >= 4 is 6.09 Å². The van der Waals surface area contributed by atoms with Crippen molar-refractivity contribution in [2.75, 3.05) is 6.54 Å². The first kappa shape index (κ1) is 10.7. The maximum atomic E-state index is 11.8. The number of piperidine rings is 1. The average molecular weight is 212 g/mol. The lowest BCUT2D eigenvalue weighted by Gasteiger charge is -2.32. The SMILES string of the molecule is CC(C)(C)OC(=O)N1CC2(N)CCC1C2. The van der Waals surface area contributed by atoms with Gasteiger partial charge in [-0.1, -0.05) is 0 Å². The van der Waals surface area contributed by atoms with Crippen molar-refractivity contribution < 1.29 is 9.53 Å². The molecule has 4 nitrogen and oxygen atoms in total. The van der Waals surface area contributed by atoms with Crippen LogP contribution in [0.25, 0.3) is 0 Å². The molecule has 15 heavy (non-hydrogen) atoms. The summed E-state index contributed by atoms with van der Waals surface area (Å²) in [6.07, 6.45) is 2.79. The summed E-state index contributed by atoms with van der Waals surface area (Å²) >= 11 is 0. The molecular formula is C11H20N2O2. The summed E-state index contributed by atoms with van der Waals surface area (Å²) in [5.41, 5.74) is 5.59. The fraction of sp³-hybridized carbons (Fsp3) is 0.909. The Morgan fingerprint density at radius 2 is 2.20 bits per heavy atom. The van der Waals surface area contributed by atoms with E-state index < -0.39 is 5.60 Å². The predicted molar refractivity (Wildman–Crippen MR) is 57.5 cm³/mol. The monoisotopic (exact) mass is 212 g/mol. The van der Waals surface area contributed by atoms with Crippen molar-refractivity contribution in [1.82, 2.24) is 4.90 Å². The molecular weight excluding hydrogens is 192 g/mol. The molecule has 2 unspecified atom stereocenters. The van der Waals surface area contributed by atoms with Crippen molar-refractivity contribution in [3.63, 3.8) is 0 Å². The van der Waals surface area contributed by atoms with Crippen LogP contribution in [0.4, 0.5) is 4.79 Å². The van der Waals surface area contributed by atoms with Gasteiger partial charge in [0.15, 0.2) is 0 Å². The van der Waals surface area contributed by atoms with Gasteiger partial charge in [-0.05, 0) is 40.0 Å². The van der Waals surface area contributed by atoms with Crippen LogP contribution in [0.3, 0.4) is 0 Å². The minimum Gasteiger partial charge on any atom is -0.444 e. The van der Waals surface area contributed by atoms with E-state index in [9.17, 15) is 4.79 Å². The number of likely N-dealkylation sites (tertiary alicyclic amines) is 1. The quantitative estimate of drug-likeness (QED) is 0.662. The van der Waals surface area contributed by atoms with Crippen LogP contribution < -0.4 is 5.73 Å². The number of carbonyl (C=O) groups is 1. The second-order valence-electron chi connectivity index (χ2n) is 5.87. The first-order chi connectivity index (χ1) is 6.79. The van der Waals surface area contributed by atoms with Crippen molar-refractivity contribution in [2.24, 2.45) is 5.73 Å². The molecule has 1 amide bonds. The third kappa shape index (κ3) is 2.09. The zero-order valence-corrected chi connectivity index (χ0v) is 9.75. The second-order valence-corrected chi connectivity index (χ2v) is 5.87. The standard InChI is InChI=1S/C11H20N2O2/c1-10(2,3)15-9(14)13-7-11(12)5-4-8(13)6-11/h8H,4-7,12H2,1-3H3. The molecule has 86 valence electrons. The molecule has 2 atom stereocenters. The van der Waals surface area contributed by atoms with E-state index in [1.54, 1.807) is 4.90 Å². The lowest BCUT2D eigenvalue weighted by Crippen LogP contribution is -2.48. The molecule has 1 saturated heterocycles. The summed E-state index contributed by atoms with van der Waals surface area (Å²) in [7, 11) is 0. The summed E-state index contributed by atoms with van der Waals surface area (Å²) in [4.78, 5) is 13.6. The second kappa shape index (κ2) is 3.11. The molecule has 2 rings (SSSR count). The zero-order valence-electron chi connectivity index (χ0n) is 9.75. The van der Waals surface area contributed by atoms with E-state index >= 15 is 0 Å². The lowest BCUT2D eigenvalue weighted by atomic mass is 10.0. The maximum Gasteiger partial charge on any atom is 0.410 e. The van der Waals surface area contributed by atoms with Gasteiger partial charge in [0.25, 0.3) is 0 Å². The number of hydrogen-bond donors (Lipinski definition) is 1. The van der Waals surface area contributed by atoms with E-state index in [0.717, 1.165) is 19.3 Å².